The molecule has 1 fully saturated rings. The topological polar surface area (TPSA) is 90.4 Å². The molecular weight excluding hydrogens is 234 g/mol. The van der Waals surface area contributed by atoms with Crippen LogP contribution in [-0.4, -0.2) is 29.6 Å². The van der Waals surface area contributed by atoms with Gasteiger partial charge in [0.25, 0.3) is 0 Å². The highest BCUT2D eigenvalue weighted by molar-refractivity contribution is 5.86. The number of amides is 1. The van der Waals surface area contributed by atoms with Crippen molar-refractivity contribution < 1.29 is 13.9 Å². The molecule has 1 saturated heterocycles. The maximum atomic E-state index is 12.0. The fraction of sp³-hybridized carbons (Fsp3) is 0.667. The maximum absolute atomic E-state index is 12.0. The van der Waals surface area contributed by atoms with E-state index in [4.69, 9.17) is 14.9 Å². The second kappa shape index (κ2) is 5.07. The molecule has 0 spiro atoms. The molecule has 2 heterocycles. The number of hydrogen-bond acceptors (Lipinski definition) is 5. The third kappa shape index (κ3) is 2.70. The lowest BCUT2D eigenvalue weighted by atomic mass is 9.90. The van der Waals surface area contributed by atoms with Gasteiger partial charge in [-0.1, -0.05) is 0 Å². The molecule has 0 aliphatic carbocycles. The van der Waals surface area contributed by atoms with E-state index in [0.29, 0.717) is 31.9 Å². The molecule has 2 rings (SSSR count). The second-order valence-electron chi connectivity index (χ2n) is 4.70. The first-order valence-electron chi connectivity index (χ1n) is 6.09. The lowest BCUT2D eigenvalue weighted by molar-refractivity contribution is -0.130. The predicted molar refractivity (Wildman–Crippen MR) is 64.8 cm³/mol. The number of oxazole rings is 1. The van der Waals surface area contributed by atoms with Crippen molar-refractivity contribution in [3.05, 3.63) is 17.3 Å². The van der Waals surface area contributed by atoms with Crippen LogP contribution < -0.4 is 11.1 Å². The lowest BCUT2D eigenvalue weighted by Crippen LogP contribution is -2.56. The van der Waals surface area contributed by atoms with Crippen LogP contribution >= 0.6 is 0 Å². The molecule has 0 atom stereocenters. The van der Waals surface area contributed by atoms with Crippen LogP contribution in [0.3, 0.4) is 0 Å². The standard InChI is InChI=1S/C12H19N3O3/c1-8-9(2)18-10(15-8)7-14-11(16)12(13)3-5-17-6-4-12/h3-7,13H2,1-2H3,(H,14,16). The molecule has 6 nitrogen and oxygen atoms in total. The van der Waals surface area contributed by atoms with E-state index in [-0.39, 0.29) is 12.5 Å². The highest BCUT2D eigenvalue weighted by Crippen LogP contribution is 2.18. The number of nitrogens with zero attached hydrogens (tertiary/aromatic N) is 1. The summed E-state index contributed by atoms with van der Waals surface area (Å²) >= 11 is 0. The molecule has 1 aromatic rings. The van der Waals surface area contributed by atoms with Crippen LogP contribution in [-0.2, 0) is 16.1 Å². The van der Waals surface area contributed by atoms with E-state index < -0.39 is 5.54 Å². The lowest BCUT2D eigenvalue weighted by Gasteiger charge is -2.31. The summed E-state index contributed by atoms with van der Waals surface area (Å²) in [5, 5.41) is 2.77. The fourth-order valence-electron chi connectivity index (χ4n) is 1.91. The minimum atomic E-state index is -0.824. The Bertz CT molecular complexity index is 416. The zero-order valence-electron chi connectivity index (χ0n) is 10.8. The van der Waals surface area contributed by atoms with Gasteiger partial charge < -0.3 is 20.2 Å². The van der Waals surface area contributed by atoms with Gasteiger partial charge >= 0.3 is 0 Å². The number of aryl methyl sites for hydroxylation is 2. The number of ether oxygens (including phenoxy) is 1. The monoisotopic (exact) mass is 253 g/mol. The van der Waals surface area contributed by atoms with Gasteiger partial charge in [-0.05, 0) is 26.7 Å². The van der Waals surface area contributed by atoms with Gasteiger partial charge in [-0.15, -0.1) is 0 Å². The van der Waals surface area contributed by atoms with E-state index in [1.165, 1.54) is 0 Å². The summed E-state index contributed by atoms with van der Waals surface area (Å²) in [5.41, 5.74) is 6.07. The van der Waals surface area contributed by atoms with Crippen LogP contribution in [0.15, 0.2) is 4.42 Å². The molecule has 1 amide bonds. The summed E-state index contributed by atoms with van der Waals surface area (Å²) in [5.74, 6) is 1.11. The number of carbonyl (C=O) groups excluding carboxylic acids is 1. The quantitative estimate of drug-likeness (QED) is 0.814. The maximum Gasteiger partial charge on any atom is 0.240 e. The molecule has 1 aliphatic rings. The molecule has 1 aliphatic heterocycles. The zero-order valence-corrected chi connectivity index (χ0v) is 10.8. The van der Waals surface area contributed by atoms with E-state index in [1.54, 1.807) is 0 Å². The van der Waals surface area contributed by atoms with Crippen molar-refractivity contribution in [1.29, 1.82) is 0 Å². The third-order valence-electron chi connectivity index (χ3n) is 3.31. The van der Waals surface area contributed by atoms with E-state index in [9.17, 15) is 4.79 Å². The largest absolute Gasteiger partial charge is 0.444 e. The molecule has 0 unspecified atom stereocenters. The van der Waals surface area contributed by atoms with E-state index in [0.717, 1.165) is 11.5 Å². The molecule has 0 saturated carbocycles. The molecule has 0 bridgehead atoms. The van der Waals surface area contributed by atoms with Crippen molar-refractivity contribution in [2.24, 2.45) is 5.73 Å². The van der Waals surface area contributed by atoms with Crippen molar-refractivity contribution in [2.75, 3.05) is 13.2 Å². The number of carbonyl (C=O) groups is 1. The minimum Gasteiger partial charge on any atom is -0.444 e. The second-order valence-corrected chi connectivity index (χ2v) is 4.70. The number of rotatable bonds is 3. The Morgan fingerprint density at radius 3 is 2.67 bits per heavy atom. The first-order chi connectivity index (χ1) is 8.51. The molecule has 3 N–H and O–H groups in total. The van der Waals surface area contributed by atoms with Crippen molar-refractivity contribution in [2.45, 2.75) is 38.8 Å². The van der Waals surface area contributed by atoms with Crippen LogP contribution in [0.1, 0.15) is 30.2 Å². The summed E-state index contributed by atoms with van der Waals surface area (Å²) in [6.07, 6.45) is 1.09. The van der Waals surface area contributed by atoms with Crippen LogP contribution in [0.25, 0.3) is 0 Å². The Balaban J connectivity index is 1.91. The summed E-state index contributed by atoms with van der Waals surface area (Å²) in [4.78, 5) is 16.2. The van der Waals surface area contributed by atoms with Gasteiger partial charge in [-0.2, -0.15) is 0 Å². The normalized spacial score (nSPS) is 18.6. The van der Waals surface area contributed by atoms with Crippen molar-refractivity contribution in [3.63, 3.8) is 0 Å². The average molecular weight is 253 g/mol. The smallest absolute Gasteiger partial charge is 0.240 e. The van der Waals surface area contributed by atoms with Gasteiger partial charge in [0.1, 0.15) is 5.76 Å². The summed E-state index contributed by atoms with van der Waals surface area (Å²) in [6.45, 7) is 5.04. The number of hydrogen-bond donors (Lipinski definition) is 2. The summed E-state index contributed by atoms with van der Waals surface area (Å²) in [7, 11) is 0. The Morgan fingerprint density at radius 2 is 2.11 bits per heavy atom. The summed E-state index contributed by atoms with van der Waals surface area (Å²) < 4.78 is 10.6. The van der Waals surface area contributed by atoms with Gasteiger partial charge in [0.2, 0.25) is 11.8 Å². The Hall–Kier alpha value is -1.40. The molecule has 1 aromatic heterocycles. The van der Waals surface area contributed by atoms with E-state index in [2.05, 4.69) is 10.3 Å². The number of nitrogens with one attached hydrogen (secondary N) is 1. The van der Waals surface area contributed by atoms with Gasteiger partial charge in [-0.3, -0.25) is 4.79 Å². The van der Waals surface area contributed by atoms with Crippen LogP contribution in [0.2, 0.25) is 0 Å². The van der Waals surface area contributed by atoms with Crippen molar-refractivity contribution in [1.82, 2.24) is 10.3 Å². The van der Waals surface area contributed by atoms with Crippen molar-refractivity contribution >= 4 is 5.91 Å². The first-order valence-corrected chi connectivity index (χ1v) is 6.09. The molecule has 0 aromatic carbocycles. The predicted octanol–water partition coefficient (Wildman–Crippen LogP) is 0.416. The number of aromatic nitrogens is 1. The minimum absolute atomic E-state index is 0.167. The highest BCUT2D eigenvalue weighted by Gasteiger charge is 2.35. The Labute approximate surface area is 106 Å². The van der Waals surface area contributed by atoms with Crippen LogP contribution in [0.5, 0.6) is 0 Å². The van der Waals surface area contributed by atoms with E-state index >= 15 is 0 Å². The van der Waals surface area contributed by atoms with Gasteiger partial charge in [-0.25, -0.2) is 4.98 Å². The van der Waals surface area contributed by atoms with Gasteiger partial charge in [0.15, 0.2) is 0 Å². The molecule has 6 heteroatoms. The Morgan fingerprint density at radius 1 is 1.44 bits per heavy atom. The average Bonchev–Trinajstić information content (AvgIpc) is 2.67. The van der Waals surface area contributed by atoms with Gasteiger partial charge in [0, 0.05) is 13.2 Å². The highest BCUT2D eigenvalue weighted by atomic mass is 16.5. The molecular formula is C12H19N3O3. The van der Waals surface area contributed by atoms with Crippen LogP contribution in [0.4, 0.5) is 0 Å². The number of nitrogens with two attached hydrogens (primary N) is 1. The Kier molecular flexibility index (Phi) is 3.68. The van der Waals surface area contributed by atoms with Crippen LogP contribution in [0, 0.1) is 13.8 Å². The summed E-state index contributed by atoms with van der Waals surface area (Å²) in [6, 6.07) is 0. The SMILES string of the molecule is Cc1nc(CNC(=O)C2(N)CCOCC2)oc1C. The van der Waals surface area contributed by atoms with E-state index in [1.807, 2.05) is 13.8 Å². The molecule has 0 radical (unpaired) electrons. The zero-order chi connectivity index (χ0) is 13.2. The molecule has 100 valence electrons. The third-order valence-corrected chi connectivity index (χ3v) is 3.31. The van der Waals surface area contributed by atoms with Crippen molar-refractivity contribution in [3.8, 4) is 0 Å². The molecule has 18 heavy (non-hydrogen) atoms. The van der Waals surface area contributed by atoms with Gasteiger partial charge in [0.05, 0.1) is 17.8 Å². The fourth-order valence-corrected chi connectivity index (χ4v) is 1.91. The first kappa shape index (κ1) is 13.0.